The smallest absolute Gasteiger partial charge is 0.120 e. The van der Waals surface area contributed by atoms with E-state index in [9.17, 15) is 0 Å². The molecule has 18 heavy (non-hydrogen) atoms. The van der Waals surface area contributed by atoms with Crippen molar-refractivity contribution in [1.82, 2.24) is 4.90 Å². The van der Waals surface area contributed by atoms with Crippen molar-refractivity contribution in [2.24, 2.45) is 0 Å². The number of likely N-dealkylation sites (N-methyl/N-ethyl adjacent to an activating group) is 1. The van der Waals surface area contributed by atoms with Gasteiger partial charge in [0, 0.05) is 18.2 Å². The predicted octanol–water partition coefficient (Wildman–Crippen LogP) is 1.75. The van der Waals surface area contributed by atoms with Gasteiger partial charge in [0.15, 0.2) is 0 Å². The lowest BCUT2D eigenvalue weighted by atomic mass is 10.2. The van der Waals surface area contributed by atoms with Crippen LogP contribution in [0.25, 0.3) is 0 Å². The van der Waals surface area contributed by atoms with Gasteiger partial charge in [0.1, 0.15) is 19.0 Å². The molecule has 1 rings (SSSR count). The van der Waals surface area contributed by atoms with Gasteiger partial charge in [0.05, 0.1) is 0 Å². The van der Waals surface area contributed by atoms with Crippen molar-refractivity contribution in [3.63, 3.8) is 0 Å². The molecule has 1 aromatic rings. The normalized spacial score (nSPS) is 10.3. The fourth-order valence-corrected chi connectivity index (χ4v) is 1.37. The van der Waals surface area contributed by atoms with Crippen molar-refractivity contribution in [2.45, 2.75) is 19.9 Å². The number of hydrogen-bond donors (Lipinski definition) is 1. The van der Waals surface area contributed by atoms with Gasteiger partial charge in [0.25, 0.3) is 0 Å². The molecule has 0 aliphatic rings. The average Bonchev–Trinajstić information content (AvgIpc) is 2.36. The van der Waals surface area contributed by atoms with E-state index in [4.69, 9.17) is 9.84 Å². The molecule has 0 fully saturated rings. The molecule has 1 aromatic carbocycles. The molecule has 1 N–H and O–H groups in total. The van der Waals surface area contributed by atoms with Crippen LogP contribution in [-0.2, 0) is 0 Å². The molecule has 3 nitrogen and oxygen atoms in total. The van der Waals surface area contributed by atoms with E-state index in [0.717, 1.165) is 17.9 Å². The lowest BCUT2D eigenvalue weighted by molar-refractivity contribution is 0.208. The summed E-state index contributed by atoms with van der Waals surface area (Å²) in [5.41, 5.74) is 0.860. The number of hydrogen-bond acceptors (Lipinski definition) is 3. The third-order valence-corrected chi connectivity index (χ3v) is 2.74. The first kappa shape index (κ1) is 14.6. The first-order valence-electron chi connectivity index (χ1n) is 6.16. The summed E-state index contributed by atoms with van der Waals surface area (Å²) in [6, 6.07) is 8.13. The molecular formula is C15H21NO2. The summed E-state index contributed by atoms with van der Waals surface area (Å²) in [6.45, 7) is 5.75. The van der Waals surface area contributed by atoms with Gasteiger partial charge in [-0.05, 0) is 39.1 Å². The van der Waals surface area contributed by atoms with Crippen LogP contribution in [0.2, 0.25) is 0 Å². The quantitative estimate of drug-likeness (QED) is 0.805. The highest BCUT2D eigenvalue weighted by Gasteiger charge is 2.02. The molecule has 3 heteroatoms. The Morgan fingerprint density at radius 3 is 2.83 bits per heavy atom. The molecule has 0 aliphatic heterocycles. The van der Waals surface area contributed by atoms with Crippen LogP contribution < -0.4 is 4.74 Å². The van der Waals surface area contributed by atoms with Crippen molar-refractivity contribution in [1.29, 1.82) is 0 Å². The molecule has 0 saturated heterocycles. The molecule has 0 amide bonds. The molecule has 0 spiro atoms. The van der Waals surface area contributed by atoms with Crippen LogP contribution in [0.5, 0.6) is 5.75 Å². The first-order valence-corrected chi connectivity index (χ1v) is 6.16. The van der Waals surface area contributed by atoms with E-state index in [0.29, 0.717) is 12.6 Å². The van der Waals surface area contributed by atoms with E-state index in [1.54, 1.807) is 0 Å². The Morgan fingerprint density at radius 2 is 2.17 bits per heavy atom. The lowest BCUT2D eigenvalue weighted by Gasteiger charge is -2.20. The van der Waals surface area contributed by atoms with Gasteiger partial charge in [-0.2, -0.15) is 0 Å². The van der Waals surface area contributed by atoms with Crippen LogP contribution in [0.3, 0.4) is 0 Å². The summed E-state index contributed by atoms with van der Waals surface area (Å²) < 4.78 is 5.68. The van der Waals surface area contributed by atoms with Gasteiger partial charge in [-0.15, -0.1) is 0 Å². The van der Waals surface area contributed by atoms with Crippen LogP contribution in [-0.4, -0.2) is 42.9 Å². The van der Waals surface area contributed by atoms with Crippen LogP contribution >= 0.6 is 0 Å². The van der Waals surface area contributed by atoms with Gasteiger partial charge in [-0.1, -0.05) is 17.9 Å². The van der Waals surface area contributed by atoms with Crippen LogP contribution in [0.1, 0.15) is 19.4 Å². The maximum absolute atomic E-state index is 8.64. The Bertz CT molecular complexity index is 418. The maximum atomic E-state index is 8.64. The van der Waals surface area contributed by atoms with Crippen LogP contribution in [0, 0.1) is 11.8 Å². The summed E-state index contributed by atoms with van der Waals surface area (Å²) in [4.78, 5) is 2.23. The zero-order valence-corrected chi connectivity index (χ0v) is 11.3. The highest BCUT2D eigenvalue weighted by atomic mass is 16.5. The first-order chi connectivity index (χ1) is 8.63. The zero-order chi connectivity index (χ0) is 13.4. The van der Waals surface area contributed by atoms with Gasteiger partial charge in [0.2, 0.25) is 0 Å². The highest BCUT2D eigenvalue weighted by Crippen LogP contribution is 2.12. The third kappa shape index (κ3) is 5.22. The summed E-state index contributed by atoms with van der Waals surface area (Å²) >= 11 is 0. The molecule has 0 aliphatic carbocycles. The molecule has 0 heterocycles. The molecule has 0 bridgehead atoms. The van der Waals surface area contributed by atoms with Crippen molar-refractivity contribution < 1.29 is 9.84 Å². The van der Waals surface area contributed by atoms with E-state index in [1.165, 1.54) is 0 Å². The third-order valence-electron chi connectivity index (χ3n) is 2.74. The fraction of sp³-hybridized carbons (Fsp3) is 0.467. The van der Waals surface area contributed by atoms with Crippen molar-refractivity contribution in [3.8, 4) is 17.6 Å². The van der Waals surface area contributed by atoms with E-state index < -0.39 is 0 Å². The van der Waals surface area contributed by atoms with E-state index in [-0.39, 0.29) is 6.61 Å². The average molecular weight is 247 g/mol. The van der Waals surface area contributed by atoms with Crippen LogP contribution in [0.4, 0.5) is 0 Å². The molecule has 0 atom stereocenters. The number of aliphatic hydroxyl groups is 1. The Hall–Kier alpha value is -1.50. The minimum atomic E-state index is -0.121. The van der Waals surface area contributed by atoms with E-state index in [2.05, 4.69) is 37.6 Å². The Morgan fingerprint density at radius 1 is 1.39 bits per heavy atom. The maximum Gasteiger partial charge on any atom is 0.120 e. The molecule has 0 unspecified atom stereocenters. The molecule has 0 aromatic heterocycles. The van der Waals surface area contributed by atoms with Gasteiger partial charge in [-0.3, -0.25) is 0 Å². The highest BCUT2D eigenvalue weighted by molar-refractivity contribution is 5.39. The largest absolute Gasteiger partial charge is 0.492 e. The predicted molar refractivity (Wildman–Crippen MR) is 73.7 cm³/mol. The summed E-state index contributed by atoms with van der Waals surface area (Å²) in [5.74, 6) is 6.30. The molecule has 0 saturated carbocycles. The second kappa shape index (κ2) is 7.75. The summed E-state index contributed by atoms with van der Waals surface area (Å²) in [5, 5.41) is 8.64. The van der Waals surface area contributed by atoms with Gasteiger partial charge >= 0.3 is 0 Å². The van der Waals surface area contributed by atoms with E-state index >= 15 is 0 Å². The second-order valence-corrected chi connectivity index (χ2v) is 4.41. The molecule has 98 valence electrons. The fourth-order valence-electron chi connectivity index (χ4n) is 1.37. The minimum Gasteiger partial charge on any atom is -0.492 e. The Balaban J connectivity index is 2.47. The number of rotatable bonds is 5. The Kier molecular flexibility index (Phi) is 6.27. The SMILES string of the molecule is CC(C)N(C)CCOc1cccc(C#CCO)c1. The van der Waals surface area contributed by atoms with Crippen LogP contribution in [0.15, 0.2) is 24.3 Å². The van der Waals surface area contributed by atoms with Gasteiger partial charge < -0.3 is 14.7 Å². The monoisotopic (exact) mass is 247 g/mol. The summed E-state index contributed by atoms with van der Waals surface area (Å²) in [7, 11) is 2.08. The second-order valence-electron chi connectivity index (χ2n) is 4.41. The van der Waals surface area contributed by atoms with Crippen molar-refractivity contribution in [3.05, 3.63) is 29.8 Å². The topological polar surface area (TPSA) is 32.7 Å². The van der Waals surface area contributed by atoms with Crippen molar-refractivity contribution in [2.75, 3.05) is 26.8 Å². The number of ether oxygens (including phenoxy) is 1. The Labute approximate surface area is 109 Å². The van der Waals surface area contributed by atoms with E-state index in [1.807, 2.05) is 24.3 Å². The lowest BCUT2D eigenvalue weighted by Crippen LogP contribution is -2.30. The number of aliphatic hydroxyl groups excluding tert-OH is 1. The molecule has 0 radical (unpaired) electrons. The number of nitrogens with zero attached hydrogens (tertiary/aromatic N) is 1. The number of benzene rings is 1. The summed E-state index contributed by atoms with van der Waals surface area (Å²) in [6.07, 6.45) is 0. The van der Waals surface area contributed by atoms with Gasteiger partial charge in [-0.25, -0.2) is 0 Å². The standard InChI is InChI=1S/C15H21NO2/c1-13(2)16(3)9-11-18-15-8-4-6-14(12-15)7-5-10-17/h4,6,8,12-13,17H,9-11H2,1-3H3. The zero-order valence-electron chi connectivity index (χ0n) is 11.3. The minimum absolute atomic E-state index is 0.121. The van der Waals surface area contributed by atoms with Crippen molar-refractivity contribution >= 4 is 0 Å². The molecular weight excluding hydrogens is 226 g/mol.